The molecular formula is C13H26BN3O4. The molecular weight excluding hydrogens is 273 g/mol. The van der Waals surface area contributed by atoms with E-state index in [0.717, 1.165) is 0 Å². The Balaban J connectivity index is 2.84. The lowest BCUT2D eigenvalue weighted by Gasteiger charge is -2.38. The van der Waals surface area contributed by atoms with E-state index in [0.29, 0.717) is 24.2 Å². The van der Waals surface area contributed by atoms with Crippen LogP contribution in [0.15, 0.2) is 6.20 Å². The van der Waals surface area contributed by atoms with Gasteiger partial charge < -0.3 is 25.2 Å². The monoisotopic (exact) mass is 299 g/mol. The van der Waals surface area contributed by atoms with Crippen LogP contribution in [0.2, 0.25) is 0 Å². The first kappa shape index (κ1) is 18.1. The molecule has 0 aliphatic heterocycles. The molecule has 7 nitrogen and oxygen atoms in total. The van der Waals surface area contributed by atoms with E-state index in [4.69, 9.17) is 9.76 Å². The maximum atomic E-state index is 10.3. The van der Waals surface area contributed by atoms with Crippen molar-refractivity contribution in [1.29, 1.82) is 0 Å². The van der Waals surface area contributed by atoms with Crippen LogP contribution in [0.4, 0.5) is 0 Å². The molecule has 120 valence electrons. The van der Waals surface area contributed by atoms with Gasteiger partial charge in [-0.25, -0.2) is 0 Å². The summed E-state index contributed by atoms with van der Waals surface area (Å²) < 4.78 is 7.22. The molecule has 1 aromatic heterocycles. The Morgan fingerprint density at radius 1 is 1.38 bits per heavy atom. The van der Waals surface area contributed by atoms with Gasteiger partial charge in [-0.1, -0.05) is 0 Å². The molecule has 0 atom stereocenters. The van der Waals surface area contributed by atoms with Gasteiger partial charge in [0, 0.05) is 31.8 Å². The summed E-state index contributed by atoms with van der Waals surface area (Å²) in [5.74, 6) is 0. The number of hydrogen-bond acceptors (Lipinski definition) is 6. The molecule has 1 aromatic rings. The first-order valence-electron chi connectivity index (χ1n) is 7.00. The standard InChI is InChI=1S/C13H26BN3O4/c1-12(2,19)13(3,4)21-14(20)10-9-17(5)16-11(10)8-15-6-7-18/h9,15,18-20H,6-8H2,1-5H3. The second kappa shape index (κ2) is 6.89. The van der Waals surface area contributed by atoms with Gasteiger partial charge in [0.25, 0.3) is 0 Å². The van der Waals surface area contributed by atoms with Gasteiger partial charge in [-0.15, -0.1) is 0 Å². The zero-order valence-electron chi connectivity index (χ0n) is 13.4. The Labute approximate surface area is 126 Å². The summed E-state index contributed by atoms with van der Waals surface area (Å²) in [5, 5.41) is 36.5. The Hall–Kier alpha value is -0.925. The third-order valence-corrected chi connectivity index (χ3v) is 3.66. The van der Waals surface area contributed by atoms with E-state index in [1.165, 1.54) is 0 Å². The van der Waals surface area contributed by atoms with E-state index in [2.05, 4.69) is 10.4 Å². The van der Waals surface area contributed by atoms with Crippen molar-refractivity contribution in [3.63, 3.8) is 0 Å². The summed E-state index contributed by atoms with van der Waals surface area (Å²) in [6.45, 7) is 7.60. The van der Waals surface area contributed by atoms with Crippen molar-refractivity contribution in [3.8, 4) is 0 Å². The zero-order chi connectivity index (χ0) is 16.3. The van der Waals surface area contributed by atoms with Crippen LogP contribution in [-0.2, 0) is 18.2 Å². The number of rotatable bonds is 8. The molecule has 1 rings (SSSR count). The topological polar surface area (TPSA) is 99.8 Å². The van der Waals surface area contributed by atoms with Gasteiger partial charge in [-0.2, -0.15) is 5.10 Å². The highest BCUT2D eigenvalue weighted by atomic mass is 16.5. The number of hydrogen-bond donors (Lipinski definition) is 4. The molecule has 0 fully saturated rings. The van der Waals surface area contributed by atoms with Crippen molar-refractivity contribution in [3.05, 3.63) is 11.9 Å². The number of nitrogens with zero attached hydrogens (tertiary/aromatic N) is 2. The van der Waals surface area contributed by atoms with E-state index in [1.807, 2.05) is 0 Å². The Morgan fingerprint density at radius 2 is 2.00 bits per heavy atom. The molecule has 0 aromatic carbocycles. The Bertz CT molecular complexity index is 457. The third-order valence-electron chi connectivity index (χ3n) is 3.66. The molecule has 0 bridgehead atoms. The number of aromatic nitrogens is 2. The van der Waals surface area contributed by atoms with Crippen LogP contribution < -0.4 is 10.8 Å². The van der Waals surface area contributed by atoms with E-state index in [1.54, 1.807) is 45.6 Å². The summed E-state index contributed by atoms with van der Waals surface area (Å²) in [4.78, 5) is 0. The van der Waals surface area contributed by atoms with Gasteiger partial charge in [-0.3, -0.25) is 4.68 Å². The molecule has 0 aliphatic rings. The average molecular weight is 299 g/mol. The fourth-order valence-electron chi connectivity index (χ4n) is 1.67. The summed E-state index contributed by atoms with van der Waals surface area (Å²) in [6, 6.07) is 0. The van der Waals surface area contributed by atoms with E-state index in [-0.39, 0.29) is 6.61 Å². The molecule has 0 saturated heterocycles. The van der Waals surface area contributed by atoms with Gasteiger partial charge in [0.15, 0.2) is 0 Å². The van der Waals surface area contributed by atoms with Crippen LogP contribution in [0.5, 0.6) is 0 Å². The fourth-order valence-corrected chi connectivity index (χ4v) is 1.67. The van der Waals surface area contributed by atoms with Crippen molar-refractivity contribution < 1.29 is 19.9 Å². The SMILES string of the molecule is Cn1cc(B(O)OC(C)(C)C(C)(C)O)c(CNCCO)n1. The van der Waals surface area contributed by atoms with Gasteiger partial charge in [0.2, 0.25) is 0 Å². The Morgan fingerprint density at radius 3 is 2.52 bits per heavy atom. The first-order chi connectivity index (χ1) is 9.58. The van der Waals surface area contributed by atoms with E-state index < -0.39 is 18.3 Å². The molecule has 21 heavy (non-hydrogen) atoms. The smallest absolute Gasteiger partial charge is 0.423 e. The Kier molecular flexibility index (Phi) is 5.95. The second-order valence-corrected chi connectivity index (χ2v) is 6.14. The molecule has 8 heteroatoms. The van der Waals surface area contributed by atoms with E-state index >= 15 is 0 Å². The summed E-state index contributed by atoms with van der Waals surface area (Å²) in [7, 11) is 0.568. The highest BCUT2D eigenvalue weighted by Crippen LogP contribution is 2.25. The van der Waals surface area contributed by atoms with Crippen LogP contribution >= 0.6 is 0 Å². The third kappa shape index (κ3) is 4.79. The van der Waals surface area contributed by atoms with Crippen molar-refractivity contribution >= 4 is 12.6 Å². The molecule has 0 spiro atoms. The lowest BCUT2D eigenvalue weighted by Crippen LogP contribution is -2.53. The summed E-state index contributed by atoms with van der Waals surface area (Å²) >= 11 is 0. The largest absolute Gasteiger partial charge is 0.495 e. The lowest BCUT2D eigenvalue weighted by molar-refractivity contribution is -0.0982. The fraction of sp³-hybridized carbons (Fsp3) is 0.769. The minimum absolute atomic E-state index is 0.0347. The zero-order valence-corrected chi connectivity index (χ0v) is 13.4. The normalized spacial score (nSPS) is 12.8. The minimum atomic E-state index is -1.19. The number of nitrogens with one attached hydrogen (secondary N) is 1. The van der Waals surface area contributed by atoms with Crippen LogP contribution in [0, 0.1) is 0 Å². The molecule has 0 aliphatic carbocycles. The van der Waals surface area contributed by atoms with Crippen molar-refractivity contribution in [2.75, 3.05) is 13.2 Å². The molecule has 0 saturated carbocycles. The lowest BCUT2D eigenvalue weighted by atomic mass is 9.76. The highest BCUT2D eigenvalue weighted by Gasteiger charge is 2.40. The predicted molar refractivity (Wildman–Crippen MR) is 81.1 cm³/mol. The van der Waals surface area contributed by atoms with Crippen LogP contribution in [0.3, 0.4) is 0 Å². The quantitative estimate of drug-likeness (QED) is 0.354. The second-order valence-electron chi connectivity index (χ2n) is 6.14. The predicted octanol–water partition coefficient (Wildman–Crippen LogP) is -1.24. The number of aryl methyl sites for hydroxylation is 1. The van der Waals surface area contributed by atoms with Gasteiger partial charge in [0.1, 0.15) is 0 Å². The maximum Gasteiger partial charge on any atom is 0.495 e. The van der Waals surface area contributed by atoms with Crippen molar-refractivity contribution in [2.24, 2.45) is 7.05 Å². The molecule has 4 N–H and O–H groups in total. The van der Waals surface area contributed by atoms with Crippen LogP contribution in [0.1, 0.15) is 33.4 Å². The molecule has 0 unspecified atom stereocenters. The van der Waals surface area contributed by atoms with Crippen molar-refractivity contribution in [1.82, 2.24) is 15.1 Å². The van der Waals surface area contributed by atoms with Crippen LogP contribution in [-0.4, -0.2) is 56.5 Å². The molecule has 1 heterocycles. The molecule has 0 radical (unpaired) electrons. The maximum absolute atomic E-state index is 10.3. The van der Waals surface area contributed by atoms with Gasteiger partial charge in [0.05, 0.1) is 23.5 Å². The van der Waals surface area contributed by atoms with Gasteiger partial charge >= 0.3 is 7.12 Å². The number of aliphatic hydroxyl groups excluding tert-OH is 1. The number of aliphatic hydroxyl groups is 2. The van der Waals surface area contributed by atoms with Crippen LogP contribution in [0.25, 0.3) is 0 Å². The van der Waals surface area contributed by atoms with Gasteiger partial charge in [-0.05, 0) is 27.7 Å². The summed E-state index contributed by atoms with van der Waals surface area (Å²) in [5.41, 5.74) is -0.853. The van der Waals surface area contributed by atoms with Crippen molar-refractivity contribution in [2.45, 2.75) is 45.4 Å². The van der Waals surface area contributed by atoms with E-state index in [9.17, 15) is 10.1 Å². The highest BCUT2D eigenvalue weighted by molar-refractivity contribution is 6.60. The average Bonchev–Trinajstić information content (AvgIpc) is 2.69. The summed E-state index contributed by atoms with van der Waals surface area (Å²) in [6.07, 6.45) is 1.68. The minimum Gasteiger partial charge on any atom is -0.423 e. The molecule has 0 amide bonds. The first-order valence-corrected chi connectivity index (χ1v) is 7.00.